The van der Waals surface area contributed by atoms with Crippen LogP contribution in [-0.2, 0) is 15.1 Å². The molecule has 0 N–H and O–H groups in total. The average molecular weight is 278 g/mol. The van der Waals surface area contributed by atoms with Crippen LogP contribution >= 0.6 is 19.4 Å². The molecule has 0 aromatic heterocycles. The average Bonchev–Trinajstić information content (AvgIpc) is 2.49. The van der Waals surface area contributed by atoms with Crippen LogP contribution in [0.5, 0.6) is 0 Å². The summed E-state index contributed by atoms with van der Waals surface area (Å²) in [5, 5.41) is 0. The van der Waals surface area contributed by atoms with E-state index in [4.69, 9.17) is 19.4 Å². The Labute approximate surface area is 84.3 Å². The Morgan fingerprint density at radius 3 is 2.09 bits per heavy atom. The van der Waals surface area contributed by atoms with E-state index in [1.165, 1.54) is 6.42 Å². The molecule has 64 valence electrons. The molecule has 2 unspecified atom stereocenters. The number of fused-ring (bicyclic) bond motifs is 2. The molecule has 0 heterocycles. The van der Waals surface area contributed by atoms with E-state index < -0.39 is 0 Å². The second-order valence-electron chi connectivity index (χ2n) is 2.27. The molecule has 0 radical (unpaired) electrons. The van der Waals surface area contributed by atoms with E-state index in [2.05, 4.69) is 24.3 Å². The van der Waals surface area contributed by atoms with Gasteiger partial charge >= 0.3 is 34.5 Å². The van der Waals surface area contributed by atoms with Gasteiger partial charge in [0.25, 0.3) is 0 Å². The van der Waals surface area contributed by atoms with Crippen molar-refractivity contribution in [3.63, 3.8) is 0 Å². The predicted octanol–water partition coefficient (Wildman–Crippen LogP) is 3.38. The molecule has 0 nitrogen and oxygen atoms in total. The van der Waals surface area contributed by atoms with Crippen molar-refractivity contribution in [1.29, 1.82) is 0 Å². The van der Waals surface area contributed by atoms with Crippen LogP contribution in [0.15, 0.2) is 18.2 Å². The first-order chi connectivity index (χ1) is 4.86. The van der Waals surface area contributed by atoms with E-state index in [-0.39, 0.29) is 22.6 Å². The molecule has 2 aliphatic rings. The van der Waals surface area contributed by atoms with Gasteiger partial charge in [0.05, 0.1) is 0 Å². The van der Waals surface area contributed by atoms with Gasteiger partial charge in [0, 0.05) is 0 Å². The van der Waals surface area contributed by atoms with Gasteiger partial charge in [-0.15, -0.1) is 6.08 Å². The second kappa shape index (κ2) is 6.23. The molecule has 2 atom stereocenters. The molecule has 0 saturated heterocycles. The summed E-state index contributed by atoms with van der Waals surface area (Å²) in [4.78, 5) is 0. The van der Waals surface area contributed by atoms with Crippen molar-refractivity contribution in [2.24, 2.45) is 11.8 Å². The molecular weight excluding hydrogens is 268 g/mol. The molecule has 3 heteroatoms. The van der Waals surface area contributed by atoms with Crippen molar-refractivity contribution < 1.29 is 15.1 Å². The van der Waals surface area contributed by atoms with Crippen LogP contribution in [0.2, 0.25) is 0 Å². The molecule has 2 aliphatic carbocycles. The van der Waals surface area contributed by atoms with Crippen molar-refractivity contribution in [2.45, 2.75) is 6.42 Å². The van der Waals surface area contributed by atoms with E-state index in [0.29, 0.717) is 5.92 Å². The third-order valence-electron chi connectivity index (χ3n) is 1.64. The summed E-state index contributed by atoms with van der Waals surface area (Å²) < 4.78 is 0. The Morgan fingerprint density at radius 2 is 2.00 bits per heavy atom. The molecule has 0 saturated carbocycles. The zero-order valence-electron chi connectivity index (χ0n) is 6.20. The molecule has 0 aromatic rings. The van der Waals surface area contributed by atoms with Crippen molar-refractivity contribution in [3.05, 3.63) is 31.7 Å². The molecule has 11 heavy (non-hydrogen) atoms. The van der Waals surface area contributed by atoms with Gasteiger partial charge in [-0.1, -0.05) is 12.5 Å². The fourth-order valence-corrected chi connectivity index (χ4v) is 1.22. The van der Waals surface area contributed by atoms with Crippen molar-refractivity contribution in [1.82, 2.24) is 0 Å². The van der Waals surface area contributed by atoms with Crippen LogP contribution in [0, 0.1) is 25.3 Å². The van der Waals surface area contributed by atoms with Gasteiger partial charge in [-0.05, 0) is 5.92 Å². The van der Waals surface area contributed by atoms with Crippen LogP contribution in [0.4, 0.5) is 0 Å². The van der Waals surface area contributed by atoms with Gasteiger partial charge in [-0.2, -0.15) is 5.92 Å². The van der Waals surface area contributed by atoms with E-state index in [1.54, 1.807) is 0 Å². The summed E-state index contributed by atoms with van der Waals surface area (Å²) in [6, 6.07) is 0. The van der Waals surface area contributed by atoms with Gasteiger partial charge in [-0.3, -0.25) is 6.08 Å². The first-order valence-corrected chi connectivity index (χ1v) is 7.47. The molecular formula is C8H10Cl2Ru. The van der Waals surface area contributed by atoms with Crippen molar-refractivity contribution in [3.8, 4) is 0 Å². The third kappa shape index (κ3) is 3.74. The minimum atomic E-state index is -0.346. The number of hydrogen-bond donors (Lipinski definition) is 0. The first kappa shape index (κ1) is 11.7. The topological polar surface area (TPSA) is 0 Å². The summed E-state index contributed by atoms with van der Waals surface area (Å²) in [6.45, 7) is 0. The molecule has 2 bridgehead atoms. The van der Waals surface area contributed by atoms with Crippen molar-refractivity contribution >= 4 is 19.4 Å². The Morgan fingerprint density at radius 1 is 1.36 bits per heavy atom. The van der Waals surface area contributed by atoms with Gasteiger partial charge in [0.2, 0.25) is 0 Å². The van der Waals surface area contributed by atoms with E-state index in [9.17, 15) is 0 Å². The predicted molar refractivity (Wildman–Crippen MR) is 46.7 cm³/mol. The Kier molecular flexibility index (Phi) is 6.61. The first-order valence-electron chi connectivity index (χ1n) is 2.99. The van der Waals surface area contributed by atoms with Gasteiger partial charge < -0.3 is 13.5 Å². The zero-order chi connectivity index (χ0) is 7.40. The van der Waals surface area contributed by atoms with Gasteiger partial charge in [0.15, 0.2) is 0 Å². The maximum atomic E-state index is 4.85. The minimum absolute atomic E-state index is 0. The summed E-state index contributed by atoms with van der Waals surface area (Å²) in [5.41, 5.74) is 0. The number of rotatable bonds is 0. The Bertz CT molecular complexity index is 126. The number of halogens is 2. The zero-order valence-corrected chi connectivity index (χ0v) is 9.45. The SMILES string of the molecule is [C-]1=CC2C=CC1C2.[CH3-].[Cl][Ru+2][Cl]. The molecule has 0 aliphatic heterocycles. The van der Waals surface area contributed by atoms with Crippen LogP contribution in [0.25, 0.3) is 0 Å². The van der Waals surface area contributed by atoms with Crippen LogP contribution < -0.4 is 0 Å². The normalized spacial score (nSPS) is 29.3. The summed E-state index contributed by atoms with van der Waals surface area (Å²) in [5.74, 6) is 1.44. The maximum absolute atomic E-state index is 4.85. The quantitative estimate of drug-likeness (QED) is 0.362. The van der Waals surface area contributed by atoms with E-state index in [0.717, 1.165) is 5.92 Å². The molecule has 2 rings (SSSR count). The van der Waals surface area contributed by atoms with Gasteiger partial charge in [-0.25, -0.2) is 0 Å². The van der Waals surface area contributed by atoms with Crippen LogP contribution in [0.1, 0.15) is 6.42 Å². The molecule has 0 aromatic carbocycles. The summed E-state index contributed by atoms with van der Waals surface area (Å²) in [7, 11) is 9.71. The van der Waals surface area contributed by atoms with E-state index >= 15 is 0 Å². The Hall–Kier alpha value is 0.683. The molecule has 0 amide bonds. The summed E-state index contributed by atoms with van der Waals surface area (Å²) in [6.07, 6.45) is 11.2. The monoisotopic (exact) mass is 278 g/mol. The number of hydrogen-bond acceptors (Lipinski definition) is 0. The van der Waals surface area contributed by atoms with Crippen LogP contribution in [-0.4, -0.2) is 0 Å². The summed E-state index contributed by atoms with van der Waals surface area (Å²) >= 11 is -0.346. The number of allylic oxidation sites excluding steroid dienone is 4. The molecule has 0 fully saturated rings. The fraction of sp³-hybridized carbons (Fsp3) is 0.375. The standard InChI is InChI=1S/C7H7.CH3.2ClH.Ru/c1-2-7-4-3-6(1)5-7;;;;/h1-3,6-7H,5H2;1H3;2*1H;/q2*-1;;;+4/p-2. The molecule has 0 spiro atoms. The second-order valence-corrected chi connectivity index (χ2v) is 4.91. The van der Waals surface area contributed by atoms with Crippen molar-refractivity contribution in [2.75, 3.05) is 0 Å². The Balaban J connectivity index is 0.000000225. The van der Waals surface area contributed by atoms with Gasteiger partial charge in [0.1, 0.15) is 0 Å². The fourth-order valence-electron chi connectivity index (χ4n) is 1.22. The van der Waals surface area contributed by atoms with Crippen LogP contribution in [0.3, 0.4) is 0 Å². The third-order valence-corrected chi connectivity index (χ3v) is 1.64. The van der Waals surface area contributed by atoms with E-state index in [1.807, 2.05) is 0 Å².